The largest absolute Gasteiger partial charge is 0.399 e. The molecule has 124 valence electrons. The fraction of sp³-hybridized carbons (Fsp3) is 0.176. The summed E-state index contributed by atoms with van der Waals surface area (Å²) in [6.07, 6.45) is 4.47. The predicted molar refractivity (Wildman–Crippen MR) is 102 cm³/mol. The van der Waals surface area contributed by atoms with Crippen molar-refractivity contribution in [2.24, 2.45) is 0 Å². The van der Waals surface area contributed by atoms with Gasteiger partial charge in [0.05, 0.1) is 0 Å². The van der Waals surface area contributed by atoms with Crippen molar-refractivity contribution in [2.75, 3.05) is 35.7 Å². The third-order valence-electron chi connectivity index (χ3n) is 3.36. The van der Waals surface area contributed by atoms with E-state index in [0.717, 1.165) is 16.8 Å². The number of aliphatic hydroxyl groups excluding tert-OH is 1. The van der Waals surface area contributed by atoms with Gasteiger partial charge in [0.15, 0.2) is 0 Å². The molecule has 0 aliphatic rings. The van der Waals surface area contributed by atoms with Gasteiger partial charge in [0, 0.05) is 35.9 Å². The second-order valence-corrected chi connectivity index (χ2v) is 5.06. The van der Waals surface area contributed by atoms with Crippen LogP contribution < -0.4 is 22.5 Å². The van der Waals surface area contributed by atoms with Crippen molar-refractivity contribution in [2.45, 2.75) is 6.42 Å². The predicted octanol–water partition coefficient (Wildman–Crippen LogP) is 2.52. The SMILES string of the molecule is Cl.Nc1ccc(N)c(/C=C/CNc2ccc(N)c(CCO)c2)c1. The summed E-state index contributed by atoms with van der Waals surface area (Å²) in [5, 5.41) is 12.3. The zero-order valence-corrected chi connectivity index (χ0v) is 13.6. The molecule has 0 spiro atoms. The molecule has 6 heteroatoms. The van der Waals surface area contributed by atoms with Crippen LogP contribution in [0.4, 0.5) is 22.7 Å². The van der Waals surface area contributed by atoms with Gasteiger partial charge in [-0.1, -0.05) is 12.2 Å². The zero-order chi connectivity index (χ0) is 15.9. The van der Waals surface area contributed by atoms with Crippen LogP contribution >= 0.6 is 12.4 Å². The first-order chi connectivity index (χ1) is 10.6. The Morgan fingerprint density at radius 1 is 1.00 bits per heavy atom. The summed E-state index contributed by atoms with van der Waals surface area (Å²) in [5.74, 6) is 0. The Bertz CT molecular complexity index is 674. The van der Waals surface area contributed by atoms with Crippen molar-refractivity contribution in [1.82, 2.24) is 0 Å². The number of nitrogens with two attached hydrogens (primary N) is 3. The first-order valence-corrected chi connectivity index (χ1v) is 7.15. The van der Waals surface area contributed by atoms with Crippen molar-refractivity contribution in [3.8, 4) is 0 Å². The second kappa shape index (κ2) is 8.92. The van der Waals surface area contributed by atoms with Crippen LogP contribution in [0.1, 0.15) is 11.1 Å². The highest BCUT2D eigenvalue weighted by Gasteiger charge is 2.00. The molecule has 0 heterocycles. The molecule has 5 nitrogen and oxygen atoms in total. The molecule has 2 aromatic carbocycles. The number of anilines is 4. The Morgan fingerprint density at radius 3 is 2.48 bits per heavy atom. The molecular formula is C17H23ClN4O. The molecule has 0 bridgehead atoms. The number of halogens is 1. The Hall–Kier alpha value is -2.37. The molecule has 0 saturated carbocycles. The monoisotopic (exact) mass is 334 g/mol. The highest BCUT2D eigenvalue weighted by atomic mass is 35.5. The second-order valence-electron chi connectivity index (χ2n) is 5.06. The lowest BCUT2D eigenvalue weighted by Gasteiger charge is -2.09. The molecule has 2 aromatic rings. The fourth-order valence-corrected chi connectivity index (χ4v) is 2.15. The number of hydrogen-bond donors (Lipinski definition) is 5. The third kappa shape index (κ3) is 5.39. The van der Waals surface area contributed by atoms with Gasteiger partial charge in [-0.3, -0.25) is 0 Å². The van der Waals surface area contributed by atoms with E-state index in [1.807, 2.05) is 36.4 Å². The van der Waals surface area contributed by atoms with Gasteiger partial charge in [0.1, 0.15) is 0 Å². The number of rotatable bonds is 6. The van der Waals surface area contributed by atoms with Gasteiger partial charge in [-0.25, -0.2) is 0 Å². The maximum atomic E-state index is 9.01. The van der Waals surface area contributed by atoms with E-state index in [9.17, 15) is 0 Å². The van der Waals surface area contributed by atoms with E-state index in [2.05, 4.69) is 5.32 Å². The highest BCUT2D eigenvalue weighted by Crippen LogP contribution is 2.19. The third-order valence-corrected chi connectivity index (χ3v) is 3.36. The van der Waals surface area contributed by atoms with Crippen molar-refractivity contribution >= 4 is 41.2 Å². The summed E-state index contributed by atoms with van der Waals surface area (Å²) in [6.45, 7) is 0.735. The van der Waals surface area contributed by atoms with Crippen molar-refractivity contribution in [3.05, 3.63) is 53.6 Å². The lowest BCUT2D eigenvalue weighted by atomic mass is 10.1. The van der Waals surface area contributed by atoms with Gasteiger partial charge < -0.3 is 27.6 Å². The molecule has 0 amide bonds. The zero-order valence-electron chi connectivity index (χ0n) is 12.8. The number of aliphatic hydroxyl groups is 1. The minimum absolute atomic E-state index is 0. The smallest absolute Gasteiger partial charge is 0.0472 e. The minimum Gasteiger partial charge on any atom is -0.399 e. The topological polar surface area (TPSA) is 110 Å². The lowest BCUT2D eigenvalue weighted by molar-refractivity contribution is 0.300. The Balaban J connectivity index is 0.00000264. The number of hydrogen-bond acceptors (Lipinski definition) is 5. The van der Waals surface area contributed by atoms with E-state index in [1.165, 1.54) is 0 Å². The summed E-state index contributed by atoms with van der Waals surface area (Å²) >= 11 is 0. The van der Waals surface area contributed by atoms with Crippen LogP contribution in [0.3, 0.4) is 0 Å². The van der Waals surface area contributed by atoms with Gasteiger partial charge >= 0.3 is 0 Å². The van der Waals surface area contributed by atoms with Crippen LogP contribution in [0.5, 0.6) is 0 Å². The van der Waals surface area contributed by atoms with Gasteiger partial charge in [0.2, 0.25) is 0 Å². The maximum absolute atomic E-state index is 9.01. The molecule has 0 atom stereocenters. The van der Waals surface area contributed by atoms with Crippen LogP contribution in [0.25, 0.3) is 6.08 Å². The maximum Gasteiger partial charge on any atom is 0.0472 e. The number of nitrogens with one attached hydrogen (secondary N) is 1. The molecule has 0 aromatic heterocycles. The molecule has 8 N–H and O–H groups in total. The van der Waals surface area contributed by atoms with E-state index < -0.39 is 0 Å². The summed E-state index contributed by atoms with van der Waals surface area (Å²) < 4.78 is 0. The molecule has 0 aliphatic heterocycles. The average Bonchev–Trinajstić information content (AvgIpc) is 2.50. The van der Waals surface area contributed by atoms with Crippen LogP contribution in [-0.2, 0) is 6.42 Å². The van der Waals surface area contributed by atoms with Crippen LogP contribution in [0, 0.1) is 0 Å². The van der Waals surface area contributed by atoms with Crippen molar-refractivity contribution < 1.29 is 5.11 Å². The van der Waals surface area contributed by atoms with Gasteiger partial charge in [-0.05, 0) is 53.9 Å². The fourth-order valence-electron chi connectivity index (χ4n) is 2.15. The highest BCUT2D eigenvalue weighted by molar-refractivity contribution is 5.85. The Kier molecular flexibility index (Phi) is 7.25. The van der Waals surface area contributed by atoms with E-state index >= 15 is 0 Å². The standard InChI is InChI=1S/C17H22N4O.ClH/c18-14-3-5-16(19)12(10-14)2-1-8-21-15-4-6-17(20)13(11-15)7-9-22;/h1-6,10-11,21-22H,7-9,18-20H2;1H/b2-1+;. The van der Waals surface area contributed by atoms with Gasteiger partial charge in [-0.2, -0.15) is 0 Å². The number of nitrogen functional groups attached to an aromatic ring is 3. The molecule has 2 rings (SSSR count). The Morgan fingerprint density at radius 2 is 1.74 bits per heavy atom. The molecule has 0 aliphatic carbocycles. The number of benzene rings is 2. The molecule has 0 radical (unpaired) electrons. The van der Waals surface area contributed by atoms with Crippen molar-refractivity contribution in [3.63, 3.8) is 0 Å². The quantitative estimate of drug-likeness (QED) is 0.521. The summed E-state index contributed by atoms with van der Waals surface area (Å²) in [4.78, 5) is 0. The molecule has 0 saturated heterocycles. The molecule has 0 unspecified atom stereocenters. The molecule has 23 heavy (non-hydrogen) atoms. The average molecular weight is 335 g/mol. The van der Waals surface area contributed by atoms with Gasteiger partial charge in [-0.15, -0.1) is 12.4 Å². The summed E-state index contributed by atoms with van der Waals surface area (Å²) in [5.41, 5.74) is 22.4. The minimum atomic E-state index is 0. The Labute approximate surface area is 142 Å². The normalized spacial score (nSPS) is 10.5. The van der Waals surface area contributed by atoms with Crippen LogP contribution in [-0.4, -0.2) is 18.3 Å². The van der Waals surface area contributed by atoms with E-state index in [4.69, 9.17) is 22.3 Å². The summed E-state index contributed by atoms with van der Waals surface area (Å²) in [7, 11) is 0. The summed E-state index contributed by atoms with van der Waals surface area (Å²) in [6, 6.07) is 11.1. The first-order valence-electron chi connectivity index (χ1n) is 7.15. The van der Waals surface area contributed by atoms with E-state index in [1.54, 1.807) is 12.1 Å². The molecular weight excluding hydrogens is 312 g/mol. The molecule has 0 fully saturated rings. The van der Waals surface area contributed by atoms with Crippen molar-refractivity contribution in [1.29, 1.82) is 0 Å². The van der Waals surface area contributed by atoms with Gasteiger partial charge in [0.25, 0.3) is 0 Å². The van der Waals surface area contributed by atoms with Crippen LogP contribution in [0.2, 0.25) is 0 Å². The van der Waals surface area contributed by atoms with Crippen LogP contribution in [0.15, 0.2) is 42.5 Å². The first kappa shape index (κ1) is 18.7. The van der Waals surface area contributed by atoms with E-state index in [-0.39, 0.29) is 19.0 Å². The lowest BCUT2D eigenvalue weighted by Crippen LogP contribution is -2.02. The van der Waals surface area contributed by atoms with E-state index in [0.29, 0.717) is 30.0 Å².